The van der Waals surface area contributed by atoms with Crippen LogP contribution in [0.4, 0.5) is 13.2 Å². The minimum absolute atomic E-state index is 0.0323. The SMILES string of the molecule is C=CS(=O)(=O)CC(C)(C)CCC[C@](C)(c1cccc(CC(COC)C(=O)OC)c1)c1nc(-c2cc(Sc3c(F)c(F)c4c(ccn4S(C)(=O)=O)c3Br)ccc2F)n(C)n1. The van der Waals surface area contributed by atoms with Gasteiger partial charge in [0.15, 0.2) is 33.1 Å². The Balaban J connectivity index is 1.56. The molecular weight excluding hydrogens is 894 g/mol. The van der Waals surface area contributed by atoms with Crippen molar-refractivity contribution in [2.75, 3.05) is 32.8 Å². The van der Waals surface area contributed by atoms with Crippen LogP contribution in [-0.2, 0) is 53.0 Å². The number of hydrogen-bond donors (Lipinski definition) is 0. The highest BCUT2D eigenvalue weighted by Gasteiger charge is 2.36. The van der Waals surface area contributed by atoms with Crippen molar-refractivity contribution in [2.24, 2.45) is 18.4 Å². The Morgan fingerprint density at radius 1 is 1.03 bits per heavy atom. The van der Waals surface area contributed by atoms with Crippen molar-refractivity contribution < 1.29 is 44.3 Å². The van der Waals surface area contributed by atoms with Crippen molar-refractivity contribution in [1.82, 2.24) is 18.7 Å². The van der Waals surface area contributed by atoms with Crippen LogP contribution in [0, 0.1) is 28.8 Å². The molecule has 0 amide bonds. The maximum Gasteiger partial charge on any atom is 0.311 e. The molecule has 2 aromatic heterocycles. The van der Waals surface area contributed by atoms with Crippen molar-refractivity contribution in [1.29, 1.82) is 0 Å². The highest BCUT2D eigenvalue weighted by molar-refractivity contribution is 9.10. The van der Waals surface area contributed by atoms with E-state index in [1.165, 1.54) is 43.2 Å². The molecule has 0 N–H and O–H groups in total. The van der Waals surface area contributed by atoms with E-state index < -0.39 is 65.5 Å². The molecule has 0 saturated carbocycles. The third-order valence-electron chi connectivity index (χ3n) is 10.2. The number of sulfone groups is 1. The van der Waals surface area contributed by atoms with Crippen molar-refractivity contribution in [3.8, 4) is 11.4 Å². The molecular formula is C41H46BrF3N4O7S3. The van der Waals surface area contributed by atoms with E-state index in [-0.39, 0.29) is 38.5 Å². The molecule has 0 radical (unpaired) electrons. The fourth-order valence-electron chi connectivity index (χ4n) is 7.19. The molecule has 11 nitrogen and oxygen atoms in total. The number of aromatic nitrogens is 4. The molecule has 318 valence electrons. The Bertz CT molecular complexity index is 2630. The van der Waals surface area contributed by atoms with Gasteiger partial charge in [-0.2, -0.15) is 5.10 Å². The second-order valence-electron chi connectivity index (χ2n) is 15.4. The number of halogens is 4. The number of carbonyl (C=O) groups is 1. The van der Waals surface area contributed by atoms with E-state index in [4.69, 9.17) is 19.6 Å². The summed E-state index contributed by atoms with van der Waals surface area (Å²) in [6.45, 7) is 9.30. The zero-order valence-electron chi connectivity index (χ0n) is 33.7. The number of benzene rings is 3. The van der Waals surface area contributed by atoms with Crippen LogP contribution in [0.2, 0.25) is 0 Å². The predicted octanol–water partition coefficient (Wildman–Crippen LogP) is 8.61. The van der Waals surface area contributed by atoms with Gasteiger partial charge in [0.05, 0.1) is 47.5 Å². The molecule has 0 aliphatic rings. The van der Waals surface area contributed by atoms with E-state index in [2.05, 4.69) is 22.5 Å². The number of esters is 1. The summed E-state index contributed by atoms with van der Waals surface area (Å²) in [5.74, 6) is -3.85. The Hall–Kier alpha value is -3.97. The van der Waals surface area contributed by atoms with Crippen molar-refractivity contribution in [3.05, 3.63) is 106 Å². The van der Waals surface area contributed by atoms with Crippen molar-refractivity contribution in [3.63, 3.8) is 0 Å². The normalized spacial score (nSPS) is 14.0. The smallest absolute Gasteiger partial charge is 0.311 e. The average Bonchev–Trinajstić information content (AvgIpc) is 3.80. The quantitative estimate of drug-likeness (QED) is 0.0620. The van der Waals surface area contributed by atoms with Crippen LogP contribution in [0.1, 0.15) is 57.0 Å². The van der Waals surface area contributed by atoms with E-state index >= 15 is 13.2 Å². The molecule has 0 aliphatic heterocycles. The topological polar surface area (TPSA) is 139 Å². The Kier molecular flexibility index (Phi) is 14.0. The molecule has 2 heterocycles. The van der Waals surface area contributed by atoms with Gasteiger partial charge in [-0.25, -0.2) is 43.6 Å². The monoisotopic (exact) mass is 938 g/mol. The predicted molar refractivity (Wildman–Crippen MR) is 226 cm³/mol. The molecule has 0 saturated heterocycles. The van der Waals surface area contributed by atoms with E-state index in [1.807, 2.05) is 45.0 Å². The van der Waals surface area contributed by atoms with Gasteiger partial charge in [-0.3, -0.25) is 4.79 Å². The molecule has 5 aromatic rings. The van der Waals surface area contributed by atoms with Gasteiger partial charge >= 0.3 is 5.97 Å². The molecule has 0 bridgehead atoms. The molecule has 3 aromatic carbocycles. The number of nitrogens with zero attached hydrogens (tertiary/aromatic N) is 4. The van der Waals surface area contributed by atoms with Crippen LogP contribution in [0.5, 0.6) is 0 Å². The standard InChI is InChI=1S/C41H46BrF3N4O7S3/c1-9-59(53,54)24-40(2,3)17-11-18-41(4,27-13-10-12-25(21-27)20-26(23-55-6)38(50)56-7)39-46-37(48(5)47-39)30-22-28(14-15-31(30)43)57-36-32(42)29-16-19-49(58(8,51)52)35(29)33(44)34(36)45/h9-10,12-16,19,21-22,26H,1,11,17-18,20,23-24H2,2-8H3/t26?,41-/m1/s1. The van der Waals surface area contributed by atoms with Gasteiger partial charge in [-0.15, -0.1) is 0 Å². The van der Waals surface area contributed by atoms with Crippen LogP contribution < -0.4 is 0 Å². The van der Waals surface area contributed by atoms with Crippen LogP contribution in [-0.4, -0.2) is 74.4 Å². The fourth-order valence-corrected chi connectivity index (χ4v) is 11.0. The first-order chi connectivity index (χ1) is 27.6. The van der Waals surface area contributed by atoms with Gasteiger partial charge in [0.1, 0.15) is 11.3 Å². The van der Waals surface area contributed by atoms with Crippen LogP contribution in [0.25, 0.3) is 22.3 Å². The summed E-state index contributed by atoms with van der Waals surface area (Å²) >= 11 is 4.14. The lowest BCUT2D eigenvalue weighted by Gasteiger charge is -2.30. The third-order valence-corrected chi connectivity index (χ3v) is 15.1. The largest absolute Gasteiger partial charge is 0.469 e. The molecule has 18 heteroatoms. The van der Waals surface area contributed by atoms with E-state index in [9.17, 15) is 21.6 Å². The highest BCUT2D eigenvalue weighted by Crippen LogP contribution is 2.44. The lowest BCUT2D eigenvalue weighted by atomic mass is 9.75. The van der Waals surface area contributed by atoms with Crippen LogP contribution >= 0.6 is 27.7 Å². The molecule has 59 heavy (non-hydrogen) atoms. The summed E-state index contributed by atoms with van der Waals surface area (Å²) in [6.07, 6.45) is 3.88. The second kappa shape index (κ2) is 17.9. The van der Waals surface area contributed by atoms with Gasteiger partial charge in [0.25, 0.3) is 0 Å². The van der Waals surface area contributed by atoms with Gasteiger partial charge in [-0.1, -0.05) is 62.9 Å². The molecule has 2 atom stereocenters. The maximum absolute atomic E-state index is 15.8. The number of aryl methyl sites for hydroxylation is 1. The summed E-state index contributed by atoms with van der Waals surface area (Å²) in [5.41, 5.74) is -0.279. The number of hydrogen-bond acceptors (Lipinski definition) is 10. The zero-order chi connectivity index (χ0) is 43.7. The lowest BCUT2D eigenvalue weighted by Crippen LogP contribution is -2.28. The van der Waals surface area contributed by atoms with E-state index in [0.717, 1.165) is 40.7 Å². The Morgan fingerprint density at radius 2 is 1.75 bits per heavy atom. The van der Waals surface area contributed by atoms with Gasteiger partial charge in [0.2, 0.25) is 10.0 Å². The number of carbonyl (C=O) groups excluding carboxylic acids is 1. The summed E-state index contributed by atoms with van der Waals surface area (Å²) in [7, 11) is -2.98. The van der Waals surface area contributed by atoms with E-state index in [1.54, 1.807) is 7.05 Å². The third kappa shape index (κ3) is 10.2. The Morgan fingerprint density at radius 3 is 2.39 bits per heavy atom. The second-order valence-corrected chi connectivity index (χ2v) is 21.1. The molecule has 1 unspecified atom stereocenters. The summed E-state index contributed by atoms with van der Waals surface area (Å²) in [4.78, 5) is 17.6. The zero-order valence-corrected chi connectivity index (χ0v) is 37.7. The summed E-state index contributed by atoms with van der Waals surface area (Å²) < 4.78 is 109. The highest BCUT2D eigenvalue weighted by atomic mass is 79.9. The first-order valence-electron chi connectivity index (χ1n) is 18.3. The summed E-state index contributed by atoms with van der Waals surface area (Å²) in [5, 5.41) is 5.89. The van der Waals surface area contributed by atoms with Crippen LogP contribution in [0.15, 0.2) is 81.0 Å². The maximum atomic E-state index is 15.8. The summed E-state index contributed by atoms with van der Waals surface area (Å²) in [6, 6.07) is 13.0. The molecule has 0 fully saturated rings. The van der Waals surface area contributed by atoms with Crippen molar-refractivity contribution in [2.45, 2.75) is 61.7 Å². The van der Waals surface area contributed by atoms with Crippen LogP contribution in [0.3, 0.4) is 0 Å². The number of ether oxygens (including phenoxy) is 2. The van der Waals surface area contributed by atoms with Gasteiger partial charge < -0.3 is 9.47 Å². The first-order valence-corrected chi connectivity index (χ1v) is 23.5. The van der Waals surface area contributed by atoms with E-state index in [0.29, 0.717) is 40.4 Å². The number of rotatable bonds is 18. The Labute approximate surface area is 355 Å². The fraction of sp³-hybridized carbons (Fsp3) is 0.390. The van der Waals surface area contributed by atoms with Gasteiger partial charge in [0, 0.05) is 40.5 Å². The minimum Gasteiger partial charge on any atom is -0.469 e. The molecule has 5 rings (SSSR count). The number of methoxy groups -OCH3 is 2. The first kappa shape index (κ1) is 46.1. The average molecular weight is 940 g/mol. The molecule has 0 aliphatic carbocycles. The number of fused-ring (bicyclic) bond motifs is 1. The minimum atomic E-state index is -3.94. The lowest BCUT2D eigenvalue weighted by molar-refractivity contribution is -0.147. The molecule has 0 spiro atoms. The van der Waals surface area contributed by atoms with Crippen molar-refractivity contribution >= 4 is 64.4 Å². The van der Waals surface area contributed by atoms with Gasteiger partial charge in [-0.05, 0) is 82.9 Å².